The van der Waals surface area contributed by atoms with Crippen molar-refractivity contribution in [2.75, 3.05) is 5.32 Å². The number of nitrogens with one attached hydrogen (secondary N) is 2. The molecule has 0 spiro atoms. The average Bonchev–Trinajstić information content (AvgIpc) is 2.84. The lowest BCUT2D eigenvalue weighted by Gasteiger charge is -2.27. The van der Waals surface area contributed by atoms with Gasteiger partial charge in [-0.1, -0.05) is 38.1 Å². The van der Waals surface area contributed by atoms with Crippen LogP contribution in [-0.2, 0) is 13.5 Å². The van der Waals surface area contributed by atoms with Crippen LogP contribution >= 0.6 is 0 Å². The fraction of sp³-hybridized carbons (Fsp3) is 0.471. The van der Waals surface area contributed by atoms with Gasteiger partial charge in [-0.2, -0.15) is 10.1 Å². The number of benzene rings is 1. The van der Waals surface area contributed by atoms with Gasteiger partial charge in [0.15, 0.2) is 0 Å². The number of carbonyl (C=O) groups is 1. The Hall–Kier alpha value is -2.37. The van der Waals surface area contributed by atoms with Crippen LogP contribution in [0.3, 0.4) is 0 Å². The zero-order chi connectivity index (χ0) is 16.4. The number of nitrogens with zero attached hydrogens (tertiary/aromatic N) is 3. The van der Waals surface area contributed by atoms with Gasteiger partial charge in [0, 0.05) is 7.05 Å². The van der Waals surface area contributed by atoms with Crippen molar-refractivity contribution >= 4 is 12.0 Å². The van der Waals surface area contributed by atoms with Gasteiger partial charge in [-0.15, -0.1) is 0 Å². The Bertz CT molecular complexity index is 707. The summed E-state index contributed by atoms with van der Waals surface area (Å²) in [6, 6.07) is 8.12. The van der Waals surface area contributed by atoms with Crippen molar-refractivity contribution in [2.24, 2.45) is 12.5 Å². The quantitative estimate of drug-likeness (QED) is 0.837. The zero-order valence-corrected chi connectivity index (χ0v) is 13.8. The SMILES string of the molecule is Cn1ncnc1NC(=O)NC1CC(C)(C)CCc2ccccc21. The van der Waals surface area contributed by atoms with Gasteiger partial charge in [-0.05, 0) is 35.8 Å². The second-order valence-corrected chi connectivity index (χ2v) is 6.93. The van der Waals surface area contributed by atoms with Crippen LogP contribution < -0.4 is 10.6 Å². The van der Waals surface area contributed by atoms with E-state index in [2.05, 4.69) is 52.8 Å². The lowest BCUT2D eigenvalue weighted by Crippen LogP contribution is -2.35. The third-order valence-electron chi connectivity index (χ3n) is 4.50. The lowest BCUT2D eigenvalue weighted by molar-refractivity contribution is 0.237. The van der Waals surface area contributed by atoms with Crippen LogP contribution in [0.15, 0.2) is 30.6 Å². The normalized spacial score (nSPS) is 19.5. The van der Waals surface area contributed by atoms with E-state index in [9.17, 15) is 4.79 Å². The van der Waals surface area contributed by atoms with E-state index in [1.54, 1.807) is 7.05 Å². The summed E-state index contributed by atoms with van der Waals surface area (Å²) < 4.78 is 1.53. The van der Waals surface area contributed by atoms with Crippen molar-refractivity contribution in [2.45, 2.75) is 39.2 Å². The molecule has 3 rings (SSSR count). The van der Waals surface area contributed by atoms with Crippen molar-refractivity contribution < 1.29 is 4.79 Å². The van der Waals surface area contributed by atoms with Crippen LogP contribution in [0.2, 0.25) is 0 Å². The van der Waals surface area contributed by atoms with E-state index in [0.717, 1.165) is 19.3 Å². The molecule has 2 N–H and O–H groups in total. The summed E-state index contributed by atoms with van der Waals surface area (Å²) in [6.07, 6.45) is 4.50. The molecule has 1 aromatic carbocycles. The fourth-order valence-corrected chi connectivity index (χ4v) is 3.17. The minimum absolute atomic E-state index is 0.00284. The smallest absolute Gasteiger partial charge is 0.322 e. The summed E-state index contributed by atoms with van der Waals surface area (Å²) in [5.74, 6) is 0.434. The van der Waals surface area contributed by atoms with Crippen molar-refractivity contribution in [1.82, 2.24) is 20.1 Å². The van der Waals surface area contributed by atoms with E-state index in [0.29, 0.717) is 5.95 Å². The number of fused-ring (bicyclic) bond motifs is 1. The van der Waals surface area contributed by atoms with E-state index in [1.165, 1.54) is 22.1 Å². The second kappa shape index (κ2) is 6.02. The van der Waals surface area contributed by atoms with Gasteiger partial charge in [-0.3, -0.25) is 5.32 Å². The number of rotatable bonds is 2. The van der Waals surface area contributed by atoms with E-state index >= 15 is 0 Å². The van der Waals surface area contributed by atoms with E-state index in [1.807, 2.05) is 6.07 Å². The highest BCUT2D eigenvalue weighted by Gasteiger charge is 2.30. The van der Waals surface area contributed by atoms with Gasteiger partial charge in [0.25, 0.3) is 0 Å². The van der Waals surface area contributed by atoms with Crippen molar-refractivity contribution in [3.05, 3.63) is 41.7 Å². The highest BCUT2D eigenvalue weighted by Crippen LogP contribution is 2.39. The number of urea groups is 1. The number of amides is 2. The molecule has 0 fully saturated rings. The van der Waals surface area contributed by atoms with Crippen molar-refractivity contribution in [1.29, 1.82) is 0 Å². The van der Waals surface area contributed by atoms with Crippen LogP contribution in [0.5, 0.6) is 0 Å². The van der Waals surface area contributed by atoms with Gasteiger partial charge in [0.05, 0.1) is 6.04 Å². The fourth-order valence-electron chi connectivity index (χ4n) is 3.17. The molecule has 1 heterocycles. The van der Waals surface area contributed by atoms with Crippen LogP contribution in [0, 0.1) is 5.41 Å². The van der Waals surface area contributed by atoms with Gasteiger partial charge in [-0.25, -0.2) is 9.48 Å². The monoisotopic (exact) mass is 313 g/mol. The Morgan fingerprint density at radius 2 is 2.13 bits per heavy atom. The molecule has 6 nitrogen and oxygen atoms in total. The number of aryl methyl sites for hydroxylation is 2. The number of aromatic nitrogens is 3. The molecule has 0 radical (unpaired) electrons. The third-order valence-corrected chi connectivity index (χ3v) is 4.50. The van der Waals surface area contributed by atoms with Gasteiger partial charge < -0.3 is 5.32 Å². The standard InChI is InChI=1S/C17H23N5O/c1-17(2)9-8-12-6-4-5-7-13(12)14(10-17)20-16(23)21-15-18-11-19-22(15)3/h4-7,11,14H,8-10H2,1-3H3,(H2,18,19,20,21,23). The number of carbonyl (C=O) groups excluding carboxylic acids is 1. The zero-order valence-electron chi connectivity index (χ0n) is 13.8. The van der Waals surface area contributed by atoms with Gasteiger partial charge >= 0.3 is 6.03 Å². The maximum absolute atomic E-state index is 12.4. The Morgan fingerprint density at radius 1 is 1.35 bits per heavy atom. The first-order valence-electron chi connectivity index (χ1n) is 7.94. The molecule has 2 amide bonds. The molecule has 0 saturated carbocycles. The highest BCUT2D eigenvalue weighted by molar-refractivity contribution is 5.87. The van der Waals surface area contributed by atoms with E-state index in [-0.39, 0.29) is 17.5 Å². The van der Waals surface area contributed by atoms with Crippen LogP contribution in [0.1, 0.15) is 43.9 Å². The Morgan fingerprint density at radius 3 is 2.87 bits per heavy atom. The first-order valence-corrected chi connectivity index (χ1v) is 7.94. The number of anilines is 1. The summed E-state index contributed by atoms with van der Waals surface area (Å²) in [7, 11) is 1.74. The minimum atomic E-state index is -0.251. The maximum atomic E-state index is 12.4. The third kappa shape index (κ3) is 3.52. The van der Waals surface area contributed by atoms with Crippen molar-refractivity contribution in [3.8, 4) is 0 Å². The molecular formula is C17H23N5O. The summed E-state index contributed by atoms with van der Waals surface area (Å²) >= 11 is 0. The average molecular weight is 313 g/mol. The predicted octanol–water partition coefficient (Wildman–Crippen LogP) is 3.04. The predicted molar refractivity (Wildman–Crippen MR) is 89.1 cm³/mol. The molecule has 23 heavy (non-hydrogen) atoms. The largest absolute Gasteiger partial charge is 0.331 e. The van der Waals surface area contributed by atoms with Crippen LogP contribution in [0.4, 0.5) is 10.7 Å². The first kappa shape index (κ1) is 15.5. The first-order chi connectivity index (χ1) is 10.9. The summed E-state index contributed by atoms with van der Waals surface area (Å²) in [6.45, 7) is 4.52. The molecular weight excluding hydrogens is 290 g/mol. The Labute approximate surface area is 136 Å². The van der Waals surface area contributed by atoms with E-state index in [4.69, 9.17) is 0 Å². The van der Waals surface area contributed by atoms with Gasteiger partial charge in [0.1, 0.15) is 6.33 Å². The molecule has 2 aromatic rings. The molecule has 122 valence electrons. The number of hydrogen-bond donors (Lipinski definition) is 2. The summed E-state index contributed by atoms with van der Waals surface area (Å²) in [5.41, 5.74) is 2.72. The summed E-state index contributed by atoms with van der Waals surface area (Å²) in [5, 5.41) is 9.81. The maximum Gasteiger partial charge on any atom is 0.322 e. The van der Waals surface area contributed by atoms with Crippen molar-refractivity contribution in [3.63, 3.8) is 0 Å². The molecule has 1 aromatic heterocycles. The molecule has 0 bridgehead atoms. The minimum Gasteiger partial charge on any atom is -0.331 e. The van der Waals surface area contributed by atoms with E-state index < -0.39 is 0 Å². The highest BCUT2D eigenvalue weighted by atomic mass is 16.2. The van der Waals surface area contributed by atoms with Crippen LogP contribution in [-0.4, -0.2) is 20.8 Å². The van der Waals surface area contributed by atoms with Crippen LogP contribution in [0.25, 0.3) is 0 Å². The lowest BCUT2D eigenvalue weighted by atomic mass is 9.83. The molecule has 6 heteroatoms. The molecule has 1 atom stereocenters. The molecule has 0 saturated heterocycles. The second-order valence-electron chi connectivity index (χ2n) is 6.93. The Balaban J connectivity index is 1.79. The summed E-state index contributed by atoms with van der Waals surface area (Å²) in [4.78, 5) is 16.4. The number of hydrogen-bond acceptors (Lipinski definition) is 3. The van der Waals surface area contributed by atoms with Gasteiger partial charge in [0.2, 0.25) is 5.95 Å². The molecule has 1 unspecified atom stereocenters. The molecule has 1 aliphatic rings. The molecule has 1 aliphatic carbocycles. The Kier molecular flexibility index (Phi) is 4.07. The molecule has 0 aliphatic heterocycles. The topological polar surface area (TPSA) is 71.8 Å².